The number of nitrogens with zero attached hydrogens (tertiary/aromatic N) is 4. The summed E-state index contributed by atoms with van der Waals surface area (Å²) in [5.41, 5.74) is 1.94. The summed E-state index contributed by atoms with van der Waals surface area (Å²) in [5.74, 6) is 0. The number of pyridine rings is 1. The van der Waals surface area contributed by atoms with Gasteiger partial charge in [-0.15, -0.1) is 5.10 Å². The van der Waals surface area contributed by atoms with E-state index in [0.29, 0.717) is 18.4 Å². The van der Waals surface area contributed by atoms with E-state index in [1.54, 1.807) is 15.3 Å². The Kier molecular flexibility index (Phi) is 3.27. The van der Waals surface area contributed by atoms with Crippen molar-refractivity contribution in [3.05, 3.63) is 70.8 Å². The van der Waals surface area contributed by atoms with E-state index in [1.807, 2.05) is 24.3 Å². The maximum atomic E-state index is 12.4. The fraction of sp³-hybridized carbons (Fsp3) is 0.294. The lowest BCUT2D eigenvalue weighted by Crippen LogP contribution is -2.32. The minimum absolute atomic E-state index is 0.0747. The molecule has 112 valence electrons. The van der Waals surface area contributed by atoms with Crippen LogP contribution in [0.2, 0.25) is 0 Å². The summed E-state index contributed by atoms with van der Waals surface area (Å²) in [5, 5.41) is 4.43. The zero-order valence-electron chi connectivity index (χ0n) is 12.3. The highest BCUT2D eigenvalue weighted by Crippen LogP contribution is 2.31. The molecule has 0 N–H and O–H groups in total. The molecule has 0 spiro atoms. The van der Waals surface area contributed by atoms with E-state index in [0.717, 1.165) is 19.4 Å². The van der Waals surface area contributed by atoms with Gasteiger partial charge in [0.05, 0.1) is 6.67 Å². The smallest absolute Gasteiger partial charge is 0.277 e. The van der Waals surface area contributed by atoms with Gasteiger partial charge >= 0.3 is 5.69 Å². The molecule has 0 bridgehead atoms. The topological polar surface area (TPSA) is 42.5 Å². The summed E-state index contributed by atoms with van der Waals surface area (Å²) in [4.78, 5) is 14.7. The summed E-state index contributed by atoms with van der Waals surface area (Å²) in [7, 11) is 0. The van der Waals surface area contributed by atoms with Gasteiger partial charge in [-0.2, -0.15) is 4.68 Å². The van der Waals surface area contributed by atoms with Crippen LogP contribution in [-0.4, -0.2) is 25.6 Å². The molecular formula is C17H18N4O. The molecule has 3 heterocycles. The fourth-order valence-electron chi connectivity index (χ4n) is 3.28. The van der Waals surface area contributed by atoms with Crippen molar-refractivity contribution in [2.75, 3.05) is 6.54 Å². The van der Waals surface area contributed by atoms with Crippen LogP contribution in [0, 0.1) is 0 Å². The highest BCUT2D eigenvalue weighted by Gasteiger charge is 2.26. The van der Waals surface area contributed by atoms with Gasteiger partial charge in [0.25, 0.3) is 0 Å². The Morgan fingerprint density at radius 1 is 1.09 bits per heavy atom. The molecule has 1 aromatic carbocycles. The Morgan fingerprint density at radius 3 is 2.73 bits per heavy atom. The molecule has 3 aromatic rings. The summed E-state index contributed by atoms with van der Waals surface area (Å²) in [6.07, 6.45) is 4.05. The molecule has 4 rings (SSSR count). The third kappa shape index (κ3) is 2.23. The lowest BCUT2D eigenvalue weighted by molar-refractivity contribution is 0.188. The van der Waals surface area contributed by atoms with Gasteiger partial charge in [-0.25, -0.2) is 4.79 Å². The average Bonchev–Trinajstić information content (AvgIpc) is 3.15. The van der Waals surface area contributed by atoms with Crippen LogP contribution in [0.4, 0.5) is 0 Å². The van der Waals surface area contributed by atoms with E-state index in [2.05, 4.69) is 34.3 Å². The van der Waals surface area contributed by atoms with Gasteiger partial charge in [-0.05, 0) is 30.5 Å². The number of likely N-dealkylation sites (tertiary alicyclic amines) is 1. The highest BCUT2D eigenvalue weighted by atomic mass is 16.2. The molecule has 1 fully saturated rings. The number of benzene rings is 1. The zero-order valence-corrected chi connectivity index (χ0v) is 12.3. The van der Waals surface area contributed by atoms with E-state index >= 15 is 0 Å². The zero-order chi connectivity index (χ0) is 14.9. The molecule has 0 unspecified atom stereocenters. The second-order valence-corrected chi connectivity index (χ2v) is 5.73. The molecule has 0 aliphatic carbocycles. The van der Waals surface area contributed by atoms with E-state index in [9.17, 15) is 4.79 Å². The minimum Gasteiger partial charge on any atom is -0.277 e. The molecule has 2 aromatic heterocycles. The summed E-state index contributed by atoms with van der Waals surface area (Å²) >= 11 is 0. The first-order valence-corrected chi connectivity index (χ1v) is 7.66. The lowest BCUT2D eigenvalue weighted by atomic mass is 10.1. The largest absolute Gasteiger partial charge is 0.351 e. The van der Waals surface area contributed by atoms with Crippen molar-refractivity contribution in [1.82, 2.24) is 19.1 Å². The Balaban J connectivity index is 1.64. The molecule has 22 heavy (non-hydrogen) atoms. The molecule has 5 nitrogen and oxygen atoms in total. The number of rotatable bonds is 3. The van der Waals surface area contributed by atoms with Crippen LogP contribution in [0.25, 0.3) is 5.65 Å². The first-order valence-electron chi connectivity index (χ1n) is 7.66. The molecule has 0 saturated carbocycles. The van der Waals surface area contributed by atoms with Crippen LogP contribution >= 0.6 is 0 Å². The van der Waals surface area contributed by atoms with Gasteiger partial charge in [0.15, 0.2) is 5.65 Å². The molecule has 5 heteroatoms. The van der Waals surface area contributed by atoms with E-state index < -0.39 is 0 Å². The molecule has 0 amide bonds. The lowest BCUT2D eigenvalue weighted by Gasteiger charge is -2.24. The normalized spacial score (nSPS) is 19.0. The van der Waals surface area contributed by atoms with Crippen LogP contribution in [-0.2, 0) is 6.67 Å². The van der Waals surface area contributed by atoms with Gasteiger partial charge in [0, 0.05) is 18.8 Å². The van der Waals surface area contributed by atoms with Crippen LogP contribution in [0.1, 0.15) is 24.4 Å². The van der Waals surface area contributed by atoms with Crippen molar-refractivity contribution in [1.29, 1.82) is 0 Å². The summed E-state index contributed by atoms with van der Waals surface area (Å²) < 4.78 is 3.16. The van der Waals surface area contributed by atoms with Crippen LogP contribution in [0.15, 0.2) is 59.5 Å². The van der Waals surface area contributed by atoms with E-state index in [1.165, 1.54) is 5.56 Å². The van der Waals surface area contributed by atoms with Crippen molar-refractivity contribution in [3.8, 4) is 0 Å². The van der Waals surface area contributed by atoms with Crippen molar-refractivity contribution in [3.63, 3.8) is 0 Å². The Bertz CT molecular complexity index is 836. The number of hydrogen-bond acceptors (Lipinski definition) is 3. The predicted molar refractivity (Wildman–Crippen MR) is 84.6 cm³/mol. The van der Waals surface area contributed by atoms with Crippen molar-refractivity contribution in [2.24, 2.45) is 0 Å². The van der Waals surface area contributed by atoms with Crippen molar-refractivity contribution < 1.29 is 0 Å². The maximum Gasteiger partial charge on any atom is 0.351 e. The third-order valence-corrected chi connectivity index (χ3v) is 4.35. The fourth-order valence-corrected chi connectivity index (χ4v) is 3.28. The molecular weight excluding hydrogens is 276 g/mol. The van der Waals surface area contributed by atoms with Gasteiger partial charge in [0.1, 0.15) is 0 Å². The van der Waals surface area contributed by atoms with Gasteiger partial charge in [-0.1, -0.05) is 36.4 Å². The Hall–Kier alpha value is -2.40. The predicted octanol–water partition coefficient (Wildman–Crippen LogP) is 2.29. The van der Waals surface area contributed by atoms with Gasteiger partial charge in [0.2, 0.25) is 0 Å². The third-order valence-electron chi connectivity index (χ3n) is 4.35. The molecule has 1 atom stereocenters. The highest BCUT2D eigenvalue weighted by molar-refractivity contribution is 5.35. The Morgan fingerprint density at radius 2 is 1.91 bits per heavy atom. The molecule has 1 saturated heterocycles. The van der Waals surface area contributed by atoms with Crippen LogP contribution in [0.3, 0.4) is 0 Å². The second-order valence-electron chi connectivity index (χ2n) is 5.73. The SMILES string of the molecule is O=c1n(CN2CCC[C@@H]2c2ccccc2)nc2ccccn12. The molecule has 1 aliphatic rings. The molecule has 0 radical (unpaired) electrons. The number of aromatic nitrogens is 3. The van der Waals surface area contributed by atoms with Crippen molar-refractivity contribution in [2.45, 2.75) is 25.6 Å². The Labute approximate surface area is 128 Å². The van der Waals surface area contributed by atoms with E-state index in [-0.39, 0.29) is 5.69 Å². The quantitative estimate of drug-likeness (QED) is 0.744. The second kappa shape index (κ2) is 5.42. The van der Waals surface area contributed by atoms with E-state index in [4.69, 9.17) is 0 Å². The van der Waals surface area contributed by atoms with Crippen LogP contribution < -0.4 is 5.69 Å². The first-order chi connectivity index (χ1) is 10.8. The number of fused-ring (bicyclic) bond motifs is 1. The summed E-state index contributed by atoms with van der Waals surface area (Å²) in [6.45, 7) is 1.54. The van der Waals surface area contributed by atoms with Gasteiger partial charge in [-0.3, -0.25) is 9.30 Å². The standard InChI is InChI=1S/C17H18N4O/c22-17-20-12-5-4-10-16(20)18-21(17)13-19-11-6-9-15(19)14-7-2-1-3-8-14/h1-5,7-8,10,12,15H,6,9,11,13H2/t15-/m1/s1. The molecule has 1 aliphatic heterocycles. The van der Waals surface area contributed by atoms with Crippen LogP contribution in [0.5, 0.6) is 0 Å². The monoisotopic (exact) mass is 294 g/mol. The number of hydrogen-bond donors (Lipinski definition) is 0. The average molecular weight is 294 g/mol. The summed E-state index contributed by atoms with van der Waals surface area (Å²) in [6, 6.07) is 16.5. The first kappa shape index (κ1) is 13.3. The minimum atomic E-state index is -0.0747. The maximum absolute atomic E-state index is 12.4. The van der Waals surface area contributed by atoms with Gasteiger partial charge < -0.3 is 0 Å². The van der Waals surface area contributed by atoms with Crippen molar-refractivity contribution >= 4 is 5.65 Å².